The van der Waals surface area contributed by atoms with Crippen molar-refractivity contribution in [2.45, 2.75) is 18.7 Å². The van der Waals surface area contributed by atoms with Crippen LogP contribution in [-0.2, 0) is 10.0 Å². The van der Waals surface area contributed by atoms with Gasteiger partial charge in [-0.05, 0) is 49.2 Å². The van der Waals surface area contributed by atoms with Gasteiger partial charge in [0.25, 0.3) is 10.0 Å². The van der Waals surface area contributed by atoms with Gasteiger partial charge in [-0.3, -0.25) is 4.79 Å². The van der Waals surface area contributed by atoms with Crippen LogP contribution in [0.3, 0.4) is 0 Å². The van der Waals surface area contributed by atoms with Crippen LogP contribution in [0.2, 0.25) is 0 Å². The summed E-state index contributed by atoms with van der Waals surface area (Å²) in [6.07, 6.45) is 1.50. The molecular formula is C24H20N2O3S. The van der Waals surface area contributed by atoms with Crippen LogP contribution >= 0.6 is 0 Å². The second kappa shape index (κ2) is 7.72. The molecule has 1 aliphatic rings. The minimum atomic E-state index is -3.97. The summed E-state index contributed by atoms with van der Waals surface area (Å²) in [5.41, 5.74) is 3.59. The number of para-hydroxylation sites is 1. The highest BCUT2D eigenvalue weighted by atomic mass is 32.2. The molecule has 150 valence electrons. The number of sulfonamides is 1. The molecule has 0 amide bonds. The normalized spacial score (nSPS) is 14.9. The number of allylic oxidation sites excluding steroid dienone is 2. The van der Waals surface area contributed by atoms with Gasteiger partial charge in [-0.2, -0.15) is 12.8 Å². The number of anilines is 1. The maximum atomic E-state index is 13.1. The molecule has 0 spiro atoms. The summed E-state index contributed by atoms with van der Waals surface area (Å²) in [6, 6.07) is 21.4. The third kappa shape index (κ3) is 3.82. The molecule has 0 saturated heterocycles. The maximum absolute atomic E-state index is 13.1. The lowest BCUT2D eigenvalue weighted by Gasteiger charge is -2.19. The monoisotopic (exact) mass is 416 g/mol. The van der Waals surface area contributed by atoms with E-state index in [1.807, 2.05) is 43.3 Å². The summed E-state index contributed by atoms with van der Waals surface area (Å²) in [6.45, 7) is 3.57. The van der Waals surface area contributed by atoms with E-state index in [-0.39, 0.29) is 22.1 Å². The van der Waals surface area contributed by atoms with Gasteiger partial charge in [0, 0.05) is 16.8 Å². The van der Waals surface area contributed by atoms with Gasteiger partial charge in [-0.1, -0.05) is 54.6 Å². The lowest BCUT2D eigenvalue weighted by molar-refractivity contribution is 0.103. The molecule has 6 heteroatoms. The molecule has 30 heavy (non-hydrogen) atoms. The highest BCUT2D eigenvalue weighted by Gasteiger charge is 2.26. The van der Waals surface area contributed by atoms with E-state index in [1.54, 1.807) is 43.3 Å². The van der Waals surface area contributed by atoms with Gasteiger partial charge in [-0.25, -0.2) is 0 Å². The molecule has 0 saturated carbocycles. The van der Waals surface area contributed by atoms with Crippen molar-refractivity contribution in [3.05, 3.63) is 107 Å². The minimum Gasteiger partial charge on any atom is -0.352 e. The number of nitrogens with zero attached hydrogens (tertiary/aromatic N) is 1. The number of rotatable bonds is 4. The average Bonchev–Trinajstić information content (AvgIpc) is 2.74. The lowest BCUT2D eigenvalue weighted by atomic mass is 9.92. The zero-order chi connectivity index (χ0) is 21.3. The fourth-order valence-electron chi connectivity index (χ4n) is 3.34. The Hall–Kier alpha value is -3.51. The number of hydrogen-bond donors (Lipinski definition) is 1. The van der Waals surface area contributed by atoms with Crippen molar-refractivity contribution in [2.75, 3.05) is 5.32 Å². The van der Waals surface area contributed by atoms with Crippen LogP contribution in [0.5, 0.6) is 0 Å². The van der Waals surface area contributed by atoms with Gasteiger partial charge in [0.1, 0.15) is 0 Å². The molecule has 0 unspecified atom stereocenters. The Bertz CT molecular complexity index is 1310. The van der Waals surface area contributed by atoms with E-state index in [0.717, 1.165) is 11.3 Å². The van der Waals surface area contributed by atoms with Crippen LogP contribution in [0.25, 0.3) is 0 Å². The van der Waals surface area contributed by atoms with Crippen LogP contribution in [0.1, 0.15) is 27.0 Å². The fraction of sp³-hybridized carbons (Fsp3) is 0.0833. The third-order valence-electron chi connectivity index (χ3n) is 4.87. The number of aryl methyl sites for hydroxylation is 2. The standard InChI is InChI=1S/C24H20N2O3S/c1-16-12-13-17(2)23(14-16)30(28,29)26-21-15-22(25-18-8-4-3-5-9-18)24(27)20-11-7-6-10-19(20)21/h3-15,25H,1-2H3/b26-21-. The van der Waals surface area contributed by atoms with Crippen molar-refractivity contribution in [2.24, 2.45) is 4.40 Å². The lowest BCUT2D eigenvalue weighted by Crippen LogP contribution is -2.22. The molecule has 3 aromatic carbocycles. The quantitative estimate of drug-likeness (QED) is 0.670. The fourth-order valence-corrected chi connectivity index (χ4v) is 4.66. The van der Waals surface area contributed by atoms with Crippen LogP contribution in [-0.4, -0.2) is 19.9 Å². The van der Waals surface area contributed by atoms with E-state index in [0.29, 0.717) is 16.7 Å². The molecule has 5 nitrogen and oxygen atoms in total. The molecule has 0 fully saturated rings. The first-order valence-electron chi connectivity index (χ1n) is 9.45. The summed E-state index contributed by atoms with van der Waals surface area (Å²) in [7, 11) is -3.97. The van der Waals surface area contributed by atoms with E-state index in [1.165, 1.54) is 6.08 Å². The van der Waals surface area contributed by atoms with E-state index in [9.17, 15) is 13.2 Å². The first kappa shape index (κ1) is 19.8. The van der Waals surface area contributed by atoms with E-state index < -0.39 is 10.0 Å². The molecule has 1 N–H and O–H groups in total. The highest BCUT2D eigenvalue weighted by Crippen LogP contribution is 2.26. The molecule has 3 aromatic rings. The van der Waals surface area contributed by atoms with E-state index >= 15 is 0 Å². The molecule has 0 atom stereocenters. The number of ketones is 1. The smallest absolute Gasteiger partial charge is 0.283 e. The molecule has 4 rings (SSSR count). The van der Waals surface area contributed by atoms with Crippen molar-refractivity contribution in [1.29, 1.82) is 0 Å². The summed E-state index contributed by atoms with van der Waals surface area (Å²) in [4.78, 5) is 13.1. The van der Waals surface area contributed by atoms with Gasteiger partial charge in [0.2, 0.25) is 5.78 Å². The van der Waals surface area contributed by atoms with Gasteiger partial charge in [0.05, 0.1) is 16.3 Å². The molecule has 0 radical (unpaired) electrons. The first-order valence-corrected chi connectivity index (χ1v) is 10.9. The van der Waals surface area contributed by atoms with Gasteiger partial charge in [-0.15, -0.1) is 0 Å². The number of carbonyl (C=O) groups is 1. The Morgan fingerprint density at radius 2 is 1.50 bits per heavy atom. The zero-order valence-corrected chi connectivity index (χ0v) is 17.4. The Morgan fingerprint density at radius 1 is 0.833 bits per heavy atom. The van der Waals surface area contributed by atoms with Crippen LogP contribution in [0.4, 0.5) is 5.69 Å². The molecule has 0 heterocycles. The summed E-state index contributed by atoms with van der Waals surface area (Å²) < 4.78 is 30.3. The number of benzene rings is 3. The SMILES string of the molecule is Cc1ccc(C)c(S(=O)(=O)/N=C2/C=C(Nc3ccccc3)C(=O)c3ccccc32)c1. The first-order chi connectivity index (χ1) is 14.3. The van der Waals surface area contributed by atoms with Crippen molar-refractivity contribution in [1.82, 2.24) is 0 Å². The highest BCUT2D eigenvalue weighted by molar-refractivity contribution is 7.90. The molecule has 0 bridgehead atoms. The van der Waals surface area contributed by atoms with Crippen molar-refractivity contribution in [3.63, 3.8) is 0 Å². The predicted molar refractivity (Wildman–Crippen MR) is 119 cm³/mol. The molecule has 1 aliphatic carbocycles. The van der Waals surface area contributed by atoms with Crippen LogP contribution < -0.4 is 5.32 Å². The van der Waals surface area contributed by atoms with Gasteiger partial charge < -0.3 is 5.32 Å². The second-order valence-corrected chi connectivity index (χ2v) is 8.72. The number of fused-ring (bicyclic) bond motifs is 1. The summed E-state index contributed by atoms with van der Waals surface area (Å²) >= 11 is 0. The average molecular weight is 417 g/mol. The Morgan fingerprint density at radius 3 is 2.23 bits per heavy atom. The molecule has 0 aromatic heterocycles. The Kier molecular flexibility index (Phi) is 5.10. The van der Waals surface area contributed by atoms with E-state index in [4.69, 9.17) is 0 Å². The van der Waals surface area contributed by atoms with Crippen LogP contribution in [0, 0.1) is 13.8 Å². The molecular weight excluding hydrogens is 396 g/mol. The maximum Gasteiger partial charge on any atom is 0.283 e. The minimum absolute atomic E-state index is 0.162. The zero-order valence-electron chi connectivity index (χ0n) is 16.6. The van der Waals surface area contributed by atoms with Crippen molar-refractivity contribution >= 4 is 27.2 Å². The predicted octanol–water partition coefficient (Wildman–Crippen LogP) is 4.67. The van der Waals surface area contributed by atoms with Gasteiger partial charge >= 0.3 is 0 Å². The molecule has 0 aliphatic heterocycles. The summed E-state index contributed by atoms with van der Waals surface area (Å²) in [5.74, 6) is -0.211. The van der Waals surface area contributed by atoms with Gasteiger partial charge in [0.15, 0.2) is 0 Å². The van der Waals surface area contributed by atoms with Crippen LogP contribution in [0.15, 0.2) is 93.9 Å². The van der Waals surface area contributed by atoms with Crippen molar-refractivity contribution in [3.8, 4) is 0 Å². The number of carbonyl (C=O) groups excluding carboxylic acids is 1. The number of nitrogens with one attached hydrogen (secondary N) is 1. The third-order valence-corrected chi connectivity index (χ3v) is 6.30. The second-order valence-electron chi connectivity index (χ2n) is 7.14. The number of hydrogen-bond acceptors (Lipinski definition) is 4. The summed E-state index contributed by atoms with van der Waals surface area (Å²) in [5, 5.41) is 3.08. The number of Topliss-reactive ketones (excluding diaryl/α,β-unsaturated/α-hetero) is 1. The largest absolute Gasteiger partial charge is 0.352 e. The topological polar surface area (TPSA) is 75.6 Å². The Labute approximate surface area is 175 Å². The Balaban J connectivity index is 1.85. The van der Waals surface area contributed by atoms with Crippen molar-refractivity contribution < 1.29 is 13.2 Å². The van der Waals surface area contributed by atoms with E-state index in [2.05, 4.69) is 9.71 Å².